The highest BCUT2D eigenvalue weighted by Crippen LogP contribution is 2.23. The quantitative estimate of drug-likeness (QED) is 0.817. The normalized spacial score (nSPS) is 17.2. The van der Waals surface area contributed by atoms with Crippen LogP contribution < -0.4 is 16.0 Å². The minimum Gasteiger partial charge on any atom is -0.397 e. The number of likely N-dealkylation sites (N-methyl/N-ethyl adjacent to an activating group) is 1. The monoisotopic (exact) mass is 261 g/mol. The largest absolute Gasteiger partial charge is 0.397 e. The molecule has 104 valence electrons. The molecule has 1 atom stereocenters. The van der Waals surface area contributed by atoms with Gasteiger partial charge in [0.15, 0.2) is 0 Å². The Bertz CT molecular complexity index is 441. The van der Waals surface area contributed by atoms with Crippen molar-refractivity contribution in [3.8, 4) is 0 Å². The molecule has 0 spiro atoms. The summed E-state index contributed by atoms with van der Waals surface area (Å²) in [7, 11) is 1.91. The minimum absolute atomic E-state index is 0.0812. The zero-order valence-corrected chi connectivity index (χ0v) is 11.7. The maximum absolute atomic E-state index is 12.2. The topological polar surface area (TPSA) is 58.4 Å². The Morgan fingerprint density at radius 3 is 2.63 bits per heavy atom. The molecular formula is C15H23N3O. The van der Waals surface area contributed by atoms with Gasteiger partial charge < -0.3 is 16.0 Å². The van der Waals surface area contributed by atoms with Gasteiger partial charge in [-0.05, 0) is 31.9 Å². The predicted octanol–water partition coefficient (Wildman–Crippen LogP) is 2.15. The third-order valence-corrected chi connectivity index (χ3v) is 3.98. The van der Waals surface area contributed by atoms with Gasteiger partial charge in [-0.2, -0.15) is 0 Å². The molecule has 3 N–H and O–H groups in total. The molecule has 1 aromatic carbocycles. The molecule has 1 fully saturated rings. The lowest BCUT2D eigenvalue weighted by molar-refractivity contribution is -0.122. The molecule has 0 aromatic heterocycles. The second-order valence-corrected chi connectivity index (χ2v) is 5.34. The molecule has 0 heterocycles. The number of nitrogen functional groups attached to an aromatic ring is 1. The summed E-state index contributed by atoms with van der Waals surface area (Å²) in [6.07, 6.45) is 4.66. The zero-order valence-electron chi connectivity index (χ0n) is 11.7. The summed E-state index contributed by atoms with van der Waals surface area (Å²) < 4.78 is 0. The first-order chi connectivity index (χ1) is 9.09. The molecule has 0 aliphatic heterocycles. The first-order valence-electron chi connectivity index (χ1n) is 6.97. The van der Waals surface area contributed by atoms with Crippen LogP contribution in [0.3, 0.4) is 0 Å². The Kier molecular flexibility index (Phi) is 4.30. The molecule has 2 rings (SSSR count). The molecule has 4 nitrogen and oxygen atoms in total. The van der Waals surface area contributed by atoms with Crippen molar-refractivity contribution in [2.45, 2.75) is 44.7 Å². The van der Waals surface area contributed by atoms with Crippen LogP contribution in [0.5, 0.6) is 0 Å². The lowest BCUT2D eigenvalue weighted by atomic mass is 10.2. The fraction of sp³-hybridized carbons (Fsp3) is 0.533. The lowest BCUT2D eigenvalue weighted by Gasteiger charge is -2.28. The van der Waals surface area contributed by atoms with E-state index in [1.54, 1.807) is 0 Å². The summed E-state index contributed by atoms with van der Waals surface area (Å²) in [6, 6.07) is 7.77. The number of nitrogens with two attached hydrogens (primary N) is 1. The summed E-state index contributed by atoms with van der Waals surface area (Å²) in [5.74, 6) is 0.0812. The highest BCUT2D eigenvalue weighted by molar-refractivity contribution is 5.86. The number of rotatable bonds is 4. The Balaban J connectivity index is 2.00. The number of hydrogen-bond donors (Lipinski definition) is 2. The standard InChI is InChI=1S/C15H23N3O/c1-11(15(19)17-12-7-3-4-8-12)18(2)14-10-6-5-9-13(14)16/h5-6,9-12H,3-4,7-8,16H2,1-2H3,(H,17,19). The first-order valence-corrected chi connectivity index (χ1v) is 6.97. The smallest absolute Gasteiger partial charge is 0.242 e. The predicted molar refractivity (Wildman–Crippen MR) is 79.1 cm³/mol. The molecule has 0 bridgehead atoms. The van der Waals surface area contributed by atoms with Gasteiger partial charge in [0.2, 0.25) is 5.91 Å². The van der Waals surface area contributed by atoms with E-state index in [1.807, 2.05) is 43.1 Å². The van der Waals surface area contributed by atoms with Gasteiger partial charge in [0.1, 0.15) is 6.04 Å². The summed E-state index contributed by atoms with van der Waals surface area (Å²) in [4.78, 5) is 14.2. The molecule has 1 aliphatic carbocycles. The highest BCUT2D eigenvalue weighted by atomic mass is 16.2. The summed E-state index contributed by atoms with van der Waals surface area (Å²) in [6.45, 7) is 1.91. The number of benzene rings is 1. The molecule has 1 aliphatic rings. The lowest BCUT2D eigenvalue weighted by Crippen LogP contribution is -2.46. The van der Waals surface area contributed by atoms with E-state index in [9.17, 15) is 4.79 Å². The maximum Gasteiger partial charge on any atom is 0.242 e. The Labute approximate surface area is 115 Å². The number of para-hydroxylation sites is 2. The van der Waals surface area contributed by atoms with E-state index in [4.69, 9.17) is 5.73 Å². The van der Waals surface area contributed by atoms with Crippen LogP contribution in [0, 0.1) is 0 Å². The van der Waals surface area contributed by atoms with E-state index in [2.05, 4.69) is 5.32 Å². The van der Waals surface area contributed by atoms with Crippen molar-refractivity contribution >= 4 is 17.3 Å². The van der Waals surface area contributed by atoms with E-state index in [1.165, 1.54) is 12.8 Å². The van der Waals surface area contributed by atoms with E-state index >= 15 is 0 Å². The summed E-state index contributed by atoms with van der Waals surface area (Å²) >= 11 is 0. The molecule has 4 heteroatoms. The minimum atomic E-state index is -0.217. The highest BCUT2D eigenvalue weighted by Gasteiger charge is 2.23. The van der Waals surface area contributed by atoms with Crippen LogP contribution in [-0.2, 0) is 4.79 Å². The van der Waals surface area contributed by atoms with Gasteiger partial charge in [0.05, 0.1) is 11.4 Å². The Hall–Kier alpha value is -1.71. The van der Waals surface area contributed by atoms with Crippen LogP contribution in [0.2, 0.25) is 0 Å². The average molecular weight is 261 g/mol. The first kappa shape index (κ1) is 13.7. The fourth-order valence-corrected chi connectivity index (χ4v) is 2.59. The van der Waals surface area contributed by atoms with Crippen molar-refractivity contribution in [2.24, 2.45) is 0 Å². The van der Waals surface area contributed by atoms with Crippen LogP contribution in [0.4, 0.5) is 11.4 Å². The van der Waals surface area contributed by atoms with Gasteiger partial charge in [-0.15, -0.1) is 0 Å². The average Bonchev–Trinajstić information content (AvgIpc) is 2.90. The molecule has 1 saturated carbocycles. The Morgan fingerprint density at radius 1 is 1.37 bits per heavy atom. The van der Waals surface area contributed by atoms with Crippen molar-refractivity contribution in [3.05, 3.63) is 24.3 Å². The third-order valence-electron chi connectivity index (χ3n) is 3.98. The van der Waals surface area contributed by atoms with Gasteiger partial charge in [-0.25, -0.2) is 0 Å². The molecule has 0 radical (unpaired) electrons. The van der Waals surface area contributed by atoms with Crippen molar-refractivity contribution in [3.63, 3.8) is 0 Å². The van der Waals surface area contributed by atoms with Crippen LogP contribution in [0.15, 0.2) is 24.3 Å². The van der Waals surface area contributed by atoms with Crippen molar-refractivity contribution in [2.75, 3.05) is 17.7 Å². The van der Waals surface area contributed by atoms with Crippen molar-refractivity contribution < 1.29 is 4.79 Å². The van der Waals surface area contributed by atoms with Crippen LogP contribution in [0.25, 0.3) is 0 Å². The zero-order chi connectivity index (χ0) is 13.8. The van der Waals surface area contributed by atoms with Gasteiger partial charge in [-0.1, -0.05) is 25.0 Å². The van der Waals surface area contributed by atoms with Crippen LogP contribution >= 0.6 is 0 Å². The van der Waals surface area contributed by atoms with Gasteiger partial charge in [-0.3, -0.25) is 4.79 Å². The number of carbonyl (C=O) groups is 1. The fourth-order valence-electron chi connectivity index (χ4n) is 2.59. The maximum atomic E-state index is 12.2. The number of anilines is 2. The molecule has 1 unspecified atom stereocenters. The second-order valence-electron chi connectivity index (χ2n) is 5.34. The van der Waals surface area contributed by atoms with Crippen molar-refractivity contribution in [1.29, 1.82) is 0 Å². The summed E-state index contributed by atoms with van der Waals surface area (Å²) in [5.41, 5.74) is 7.55. The molecule has 19 heavy (non-hydrogen) atoms. The van der Waals surface area contributed by atoms with E-state index < -0.39 is 0 Å². The number of nitrogens with zero attached hydrogens (tertiary/aromatic N) is 1. The third kappa shape index (κ3) is 3.19. The van der Waals surface area contributed by atoms with Gasteiger partial charge >= 0.3 is 0 Å². The second kappa shape index (κ2) is 5.95. The number of carbonyl (C=O) groups excluding carboxylic acids is 1. The van der Waals surface area contributed by atoms with Crippen molar-refractivity contribution in [1.82, 2.24) is 5.32 Å². The Morgan fingerprint density at radius 2 is 2.00 bits per heavy atom. The molecule has 1 amide bonds. The molecule has 1 aromatic rings. The van der Waals surface area contributed by atoms with E-state index in [-0.39, 0.29) is 11.9 Å². The van der Waals surface area contributed by atoms with Crippen LogP contribution in [-0.4, -0.2) is 25.0 Å². The molecule has 0 saturated heterocycles. The van der Waals surface area contributed by atoms with Gasteiger partial charge in [0.25, 0.3) is 0 Å². The number of amides is 1. The van der Waals surface area contributed by atoms with E-state index in [0.717, 1.165) is 18.5 Å². The SMILES string of the molecule is CC(C(=O)NC1CCCC1)N(C)c1ccccc1N. The number of hydrogen-bond acceptors (Lipinski definition) is 3. The summed E-state index contributed by atoms with van der Waals surface area (Å²) in [5, 5.41) is 3.13. The number of nitrogens with one attached hydrogen (secondary N) is 1. The van der Waals surface area contributed by atoms with Crippen LogP contribution in [0.1, 0.15) is 32.6 Å². The van der Waals surface area contributed by atoms with E-state index in [0.29, 0.717) is 11.7 Å². The van der Waals surface area contributed by atoms with Gasteiger partial charge in [0, 0.05) is 13.1 Å². The molecular weight excluding hydrogens is 238 g/mol.